The second kappa shape index (κ2) is 6.89. The minimum absolute atomic E-state index is 0.346. The number of rotatable bonds is 4. The largest absolute Gasteiger partial charge is 0.471 e. The third kappa shape index (κ3) is 6.58. The van der Waals surface area contributed by atoms with Crippen molar-refractivity contribution in [3.05, 3.63) is 29.8 Å². The maximum absolute atomic E-state index is 12.7. The van der Waals surface area contributed by atoms with Gasteiger partial charge in [-0.2, -0.15) is 13.2 Å². The summed E-state index contributed by atoms with van der Waals surface area (Å²) in [5.41, 5.74) is 5.43. The summed E-state index contributed by atoms with van der Waals surface area (Å²) < 4.78 is 43.1. The van der Waals surface area contributed by atoms with Crippen molar-refractivity contribution in [2.45, 2.75) is 39.1 Å². The van der Waals surface area contributed by atoms with Gasteiger partial charge in [0, 0.05) is 12.2 Å². The molecule has 0 fully saturated rings. The Labute approximate surface area is 132 Å². The summed E-state index contributed by atoms with van der Waals surface area (Å²) in [5, 5.41) is 0. The van der Waals surface area contributed by atoms with E-state index in [4.69, 9.17) is 10.5 Å². The summed E-state index contributed by atoms with van der Waals surface area (Å²) in [6.07, 6.45) is -5.08. The predicted molar refractivity (Wildman–Crippen MR) is 78.2 cm³/mol. The van der Waals surface area contributed by atoms with E-state index in [9.17, 15) is 22.8 Å². The Balaban J connectivity index is 2.94. The van der Waals surface area contributed by atoms with Gasteiger partial charge in [0.25, 0.3) is 0 Å². The molecule has 1 aromatic rings. The van der Waals surface area contributed by atoms with E-state index in [1.807, 2.05) is 0 Å². The summed E-state index contributed by atoms with van der Waals surface area (Å²) in [7, 11) is 0. The second-order valence-corrected chi connectivity index (χ2v) is 5.99. The highest BCUT2D eigenvalue weighted by Crippen LogP contribution is 2.21. The van der Waals surface area contributed by atoms with Crippen molar-refractivity contribution in [1.29, 1.82) is 0 Å². The SMILES string of the molecule is CC(C)(C)OC(=O)CN(Cc1cccc(N)c1)C(=O)C(F)(F)F. The Morgan fingerprint density at radius 3 is 2.30 bits per heavy atom. The van der Waals surface area contributed by atoms with Gasteiger partial charge in [0.2, 0.25) is 0 Å². The third-order valence-electron chi connectivity index (χ3n) is 2.59. The molecule has 0 aromatic heterocycles. The van der Waals surface area contributed by atoms with Crippen molar-refractivity contribution in [2.75, 3.05) is 12.3 Å². The molecule has 23 heavy (non-hydrogen) atoms. The van der Waals surface area contributed by atoms with Gasteiger partial charge in [-0.15, -0.1) is 0 Å². The average molecular weight is 332 g/mol. The Kier molecular flexibility index (Phi) is 5.63. The first-order chi connectivity index (χ1) is 10.4. The van der Waals surface area contributed by atoms with Crippen LogP contribution in [0.5, 0.6) is 0 Å². The fourth-order valence-corrected chi connectivity index (χ4v) is 1.82. The van der Waals surface area contributed by atoms with E-state index in [-0.39, 0.29) is 0 Å². The lowest BCUT2D eigenvalue weighted by Gasteiger charge is -2.26. The molecule has 0 spiro atoms. The van der Waals surface area contributed by atoms with Crippen molar-refractivity contribution in [1.82, 2.24) is 4.90 Å². The van der Waals surface area contributed by atoms with Crippen molar-refractivity contribution in [3.8, 4) is 0 Å². The maximum Gasteiger partial charge on any atom is 0.471 e. The number of hydrogen-bond acceptors (Lipinski definition) is 4. The molecule has 1 aromatic carbocycles. The van der Waals surface area contributed by atoms with E-state index in [0.29, 0.717) is 16.2 Å². The lowest BCUT2D eigenvalue weighted by molar-refractivity contribution is -0.188. The van der Waals surface area contributed by atoms with Crippen LogP contribution in [0, 0.1) is 0 Å². The number of amides is 1. The number of esters is 1. The number of benzene rings is 1. The molecule has 0 aliphatic rings. The predicted octanol–water partition coefficient (Wildman–Crippen LogP) is 2.50. The molecule has 8 heteroatoms. The molecule has 0 bridgehead atoms. The van der Waals surface area contributed by atoms with Crippen LogP contribution in [0.25, 0.3) is 0 Å². The van der Waals surface area contributed by atoms with Crippen LogP contribution in [0.2, 0.25) is 0 Å². The highest BCUT2D eigenvalue weighted by atomic mass is 19.4. The Morgan fingerprint density at radius 2 is 1.83 bits per heavy atom. The molecule has 1 amide bonds. The number of nitrogens with two attached hydrogens (primary N) is 1. The summed E-state index contributed by atoms with van der Waals surface area (Å²) in [6.45, 7) is 3.54. The number of nitrogen functional groups attached to an aromatic ring is 1. The number of carbonyl (C=O) groups is 2. The average Bonchev–Trinajstić information content (AvgIpc) is 2.33. The van der Waals surface area contributed by atoms with E-state index < -0.39 is 36.7 Å². The molecule has 128 valence electrons. The Hall–Kier alpha value is -2.25. The number of hydrogen-bond donors (Lipinski definition) is 1. The summed E-state index contributed by atoms with van der Waals surface area (Å²) in [6, 6.07) is 6.07. The molecular formula is C15H19F3N2O3. The third-order valence-corrected chi connectivity index (χ3v) is 2.59. The van der Waals surface area contributed by atoms with E-state index >= 15 is 0 Å². The first-order valence-electron chi connectivity index (χ1n) is 6.81. The van der Waals surface area contributed by atoms with Crippen LogP contribution in [0.4, 0.5) is 18.9 Å². The maximum atomic E-state index is 12.7. The first kappa shape index (κ1) is 18.8. The number of alkyl halides is 3. The monoisotopic (exact) mass is 332 g/mol. The molecule has 0 saturated heterocycles. The zero-order valence-electron chi connectivity index (χ0n) is 13.1. The van der Waals surface area contributed by atoms with Crippen LogP contribution in [-0.4, -0.2) is 35.1 Å². The van der Waals surface area contributed by atoms with Gasteiger partial charge in [-0.1, -0.05) is 12.1 Å². The van der Waals surface area contributed by atoms with E-state index in [1.165, 1.54) is 12.1 Å². The molecule has 0 atom stereocenters. The summed E-state index contributed by atoms with van der Waals surface area (Å²) in [4.78, 5) is 23.7. The van der Waals surface area contributed by atoms with Crippen molar-refractivity contribution in [3.63, 3.8) is 0 Å². The number of ether oxygens (including phenoxy) is 1. The van der Waals surface area contributed by atoms with Crippen molar-refractivity contribution >= 4 is 17.6 Å². The van der Waals surface area contributed by atoms with Gasteiger partial charge in [-0.05, 0) is 38.5 Å². The molecule has 0 heterocycles. The summed E-state index contributed by atoms with van der Waals surface area (Å²) >= 11 is 0. The minimum Gasteiger partial charge on any atom is -0.459 e. The number of nitrogens with zero attached hydrogens (tertiary/aromatic N) is 1. The molecule has 5 nitrogen and oxygen atoms in total. The van der Waals surface area contributed by atoms with Crippen LogP contribution in [0.3, 0.4) is 0 Å². The van der Waals surface area contributed by atoms with Crippen LogP contribution in [-0.2, 0) is 20.9 Å². The lowest BCUT2D eigenvalue weighted by atomic mass is 10.2. The quantitative estimate of drug-likeness (QED) is 0.679. The number of carbonyl (C=O) groups excluding carboxylic acids is 2. The molecule has 1 rings (SSSR count). The standard InChI is InChI=1S/C15H19F3N2O3/c1-14(2,3)23-12(21)9-20(13(22)15(16,17)18)8-10-5-4-6-11(19)7-10/h4-7H,8-9,19H2,1-3H3. The zero-order valence-corrected chi connectivity index (χ0v) is 13.1. The molecule has 0 unspecified atom stereocenters. The molecule has 0 aliphatic heterocycles. The van der Waals surface area contributed by atoms with Gasteiger partial charge in [-0.25, -0.2) is 0 Å². The van der Waals surface area contributed by atoms with Crippen LogP contribution >= 0.6 is 0 Å². The van der Waals surface area contributed by atoms with Crippen molar-refractivity contribution < 1.29 is 27.5 Å². The van der Waals surface area contributed by atoms with Crippen LogP contribution in [0.1, 0.15) is 26.3 Å². The molecule has 0 aliphatic carbocycles. The molecule has 2 N–H and O–H groups in total. The highest BCUT2D eigenvalue weighted by Gasteiger charge is 2.43. The number of halogens is 3. The smallest absolute Gasteiger partial charge is 0.459 e. The molecular weight excluding hydrogens is 313 g/mol. The number of anilines is 1. The molecule has 0 saturated carbocycles. The molecule has 0 radical (unpaired) electrons. The lowest BCUT2D eigenvalue weighted by Crippen LogP contribution is -2.44. The first-order valence-corrected chi connectivity index (χ1v) is 6.81. The van der Waals surface area contributed by atoms with Gasteiger partial charge in [0.15, 0.2) is 0 Å². The Bertz CT molecular complexity index is 580. The van der Waals surface area contributed by atoms with E-state index in [0.717, 1.165) is 0 Å². The zero-order chi connectivity index (χ0) is 17.8. The van der Waals surface area contributed by atoms with Gasteiger partial charge in [-0.3, -0.25) is 9.59 Å². The van der Waals surface area contributed by atoms with Gasteiger partial charge < -0.3 is 15.4 Å². The van der Waals surface area contributed by atoms with E-state index in [1.54, 1.807) is 32.9 Å². The van der Waals surface area contributed by atoms with Gasteiger partial charge in [0.1, 0.15) is 12.1 Å². The fourth-order valence-electron chi connectivity index (χ4n) is 1.82. The van der Waals surface area contributed by atoms with E-state index in [2.05, 4.69) is 0 Å². The van der Waals surface area contributed by atoms with Gasteiger partial charge in [0.05, 0.1) is 0 Å². The Morgan fingerprint density at radius 1 is 1.22 bits per heavy atom. The van der Waals surface area contributed by atoms with Crippen LogP contribution < -0.4 is 5.73 Å². The minimum atomic E-state index is -5.08. The normalized spacial score (nSPS) is 11.9. The van der Waals surface area contributed by atoms with Gasteiger partial charge >= 0.3 is 18.1 Å². The topological polar surface area (TPSA) is 72.6 Å². The van der Waals surface area contributed by atoms with Crippen molar-refractivity contribution in [2.24, 2.45) is 0 Å². The fraction of sp³-hybridized carbons (Fsp3) is 0.467. The summed E-state index contributed by atoms with van der Waals surface area (Å²) in [5.74, 6) is -3.02. The van der Waals surface area contributed by atoms with Crippen LogP contribution in [0.15, 0.2) is 24.3 Å². The second-order valence-electron chi connectivity index (χ2n) is 5.99. The highest BCUT2D eigenvalue weighted by molar-refractivity contribution is 5.86.